The summed E-state index contributed by atoms with van der Waals surface area (Å²) in [4.78, 5) is 8.31. The Morgan fingerprint density at radius 2 is 1.60 bits per heavy atom. The van der Waals surface area contributed by atoms with Crippen LogP contribution in [0.4, 0.5) is 0 Å². The molecule has 3 heteroatoms. The molecule has 0 saturated carbocycles. The van der Waals surface area contributed by atoms with Gasteiger partial charge in [0.2, 0.25) is 0 Å². The van der Waals surface area contributed by atoms with Crippen molar-refractivity contribution in [1.82, 2.24) is 14.4 Å². The molecule has 0 radical (unpaired) electrons. The molecule has 0 aliphatic carbocycles. The zero-order valence-corrected chi connectivity index (χ0v) is 10.6. The minimum Gasteiger partial charge on any atom is -0.287 e. The maximum atomic E-state index is 4.24. The molecule has 2 heterocycles. The van der Waals surface area contributed by atoms with Gasteiger partial charge >= 0.3 is 0 Å². The van der Waals surface area contributed by atoms with Gasteiger partial charge in [0.15, 0.2) is 0 Å². The molecule has 15 heavy (non-hydrogen) atoms. The van der Waals surface area contributed by atoms with Crippen LogP contribution in [-0.4, -0.2) is 14.4 Å². The van der Waals surface area contributed by atoms with Crippen LogP contribution in [-0.2, 0) is 0 Å². The molecule has 2 aromatic rings. The van der Waals surface area contributed by atoms with Gasteiger partial charge in [0.05, 0.1) is 0 Å². The van der Waals surface area contributed by atoms with Gasteiger partial charge in [-0.15, -0.1) is 0 Å². The topological polar surface area (TPSA) is 30.2 Å². The van der Waals surface area contributed by atoms with Crippen molar-refractivity contribution in [1.29, 1.82) is 0 Å². The Balaban J connectivity index is 0.000000442. The minimum absolute atomic E-state index is 0.998. The first-order chi connectivity index (χ1) is 7.29. The van der Waals surface area contributed by atoms with E-state index in [0.717, 1.165) is 16.9 Å². The molecule has 84 valence electrons. The third-order valence-electron chi connectivity index (χ3n) is 1.78. The van der Waals surface area contributed by atoms with Crippen LogP contribution < -0.4 is 0 Å². The van der Waals surface area contributed by atoms with E-state index in [4.69, 9.17) is 0 Å². The number of hydrogen-bond acceptors (Lipinski definition) is 2. The summed E-state index contributed by atoms with van der Waals surface area (Å²) in [5.41, 5.74) is 3.23. The van der Waals surface area contributed by atoms with Crippen molar-refractivity contribution in [2.24, 2.45) is 0 Å². The molecule has 0 saturated heterocycles. The summed E-state index contributed by atoms with van der Waals surface area (Å²) >= 11 is 0. The highest BCUT2D eigenvalue weighted by atomic mass is 15.0. The van der Waals surface area contributed by atoms with Crippen LogP contribution in [0.2, 0.25) is 0 Å². The Bertz CT molecular complexity index is 391. The quantitative estimate of drug-likeness (QED) is 0.662. The number of hydrogen-bond donors (Lipinski definition) is 0. The molecule has 0 fully saturated rings. The molecule has 0 aliphatic heterocycles. The van der Waals surface area contributed by atoms with E-state index in [1.807, 2.05) is 58.3 Å². The summed E-state index contributed by atoms with van der Waals surface area (Å²) < 4.78 is 1.98. The number of rotatable bonds is 0. The SMILES string of the molecule is CC.CC.Cc1cncn2c(C)cnc12. The van der Waals surface area contributed by atoms with Gasteiger partial charge in [-0.2, -0.15) is 0 Å². The largest absolute Gasteiger partial charge is 0.287 e. The molecular weight excluding hydrogens is 186 g/mol. The molecular formula is C12H21N3. The van der Waals surface area contributed by atoms with E-state index in [1.165, 1.54) is 0 Å². The molecule has 0 spiro atoms. The van der Waals surface area contributed by atoms with Gasteiger partial charge in [-0.05, 0) is 13.8 Å². The summed E-state index contributed by atoms with van der Waals surface area (Å²) in [7, 11) is 0. The highest BCUT2D eigenvalue weighted by Gasteiger charge is 1.99. The average Bonchev–Trinajstić information content (AvgIpc) is 2.68. The lowest BCUT2D eigenvalue weighted by Gasteiger charge is -1.96. The predicted octanol–water partition coefficient (Wildman–Crippen LogP) is 3.40. The van der Waals surface area contributed by atoms with E-state index >= 15 is 0 Å². The fourth-order valence-electron chi connectivity index (χ4n) is 1.15. The number of aromatic nitrogens is 3. The molecule has 0 aromatic carbocycles. The van der Waals surface area contributed by atoms with Crippen LogP contribution in [0.3, 0.4) is 0 Å². The second-order valence-electron chi connectivity index (χ2n) is 2.67. The van der Waals surface area contributed by atoms with Crippen LogP contribution in [0.25, 0.3) is 5.65 Å². The van der Waals surface area contributed by atoms with Crippen molar-refractivity contribution < 1.29 is 0 Å². The lowest BCUT2D eigenvalue weighted by atomic mass is 10.4. The molecule has 3 nitrogen and oxygen atoms in total. The van der Waals surface area contributed by atoms with Crippen molar-refractivity contribution in [3.63, 3.8) is 0 Å². The van der Waals surface area contributed by atoms with Crippen LogP contribution in [0.5, 0.6) is 0 Å². The fraction of sp³-hybridized carbons (Fsp3) is 0.500. The first-order valence-corrected chi connectivity index (χ1v) is 5.53. The lowest BCUT2D eigenvalue weighted by molar-refractivity contribution is 1.02. The van der Waals surface area contributed by atoms with Gasteiger partial charge in [-0.25, -0.2) is 9.97 Å². The number of aryl methyl sites for hydroxylation is 2. The molecule has 0 atom stereocenters. The summed E-state index contributed by atoms with van der Waals surface area (Å²) in [5.74, 6) is 0. The van der Waals surface area contributed by atoms with Crippen molar-refractivity contribution in [3.05, 3.63) is 30.0 Å². The predicted molar refractivity (Wildman–Crippen MR) is 65.2 cm³/mol. The van der Waals surface area contributed by atoms with E-state index in [9.17, 15) is 0 Å². The lowest BCUT2D eigenvalue weighted by Crippen LogP contribution is -1.90. The smallest absolute Gasteiger partial charge is 0.142 e. The Labute approximate surface area is 92.2 Å². The Kier molecular flexibility index (Phi) is 6.34. The molecule has 2 rings (SSSR count). The Morgan fingerprint density at radius 1 is 1.00 bits per heavy atom. The average molecular weight is 207 g/mol. The molecule has 0 amide bonds. The van der Waals surface area contributed by atoms with Gasteiger partial charge in [0, 0.05) is 23.7 Å². The van der Waals surface area contributed by atoms with Gasteiger partial charge in [0.1, 0.15) is 12.0 Å². The van der Waals surface area contributed by atoms with Gasteiger partial charge in [-0.1, -0.05) is 27.7 Å². The highest BCUT2D eigenvalue weighted by molar-refractivity contribution is 5.46. The van der Waals surface area contributed by atoms with Crippen molar-refractivity contribution in [2.75, 3.05) is 0 Å². The zero-order valence-electron chi connectivity index (χ0n) is 10.6. The Hall–Kier alpha value is -1.38. The first-order valence-electron chi connectivity index (χ1n) is 5.53. The van der Waals surface area contributed by atoms with E-state index in [2.05, 4.69) is 9.97 Å². The molecule has 0 aliphatic rings. The maximum Gasteiger partial charge on any atom is 0.142 e. The van der Waals surface area contributed by atoms with E-state index in [-0.39, 0.29) is 0 Å². The van der Waals surface area contributed by atoms with E-state index in [1.54, 1.807) is 6.33 Å². The van der Waals surface area contributed by atoms with E-state index in [0.29, 0.717) is 0 Å². The van der Waals surface area contributed by atoms with Crippen LogP contribution in [0, 0.1) is 13.8 Å². The summed E-state index contributed by atoms with van der Waals surface area (Å²) in [5, 5.41) is 0. The van der Waals surface area contributed by atoms with Crippen molar-refractivity contribution in [3.8, 4) is 0 Å². The maximum absolute atomic E-state index is 4.24. The molecule has 0 bridgehead atoms. The minimum atomic E-state index is 0.998. The van der Waals surface area contributed by atoms with E-state index < -0.39 is 0 Å². The third-order valence-corrected chi connectivity index (χ3v) is 1.78. The highest BCUT2D eigenvalue weighted by Crippen LogP contribution is 2.07. The van der Waals surface area contributed by atoms with Crippen molar-refractivity contribution >= 4 is 5.65 Å². The van der Waals surface area contributed by atoms with Crippen molar-refractivity contribution in [2.45, 2.75) is 41.5 Å². The van der Waals surface area contributed by atoms with Gasteiger partial charge in [-0.3, -0.25) is 4.40 Å². The summed E-state index contributed by atoms with van der Waals surface area (Å²) in [6, 6.07) is 0. The standard InChI is InChI=1S/C8H9N3.2C2H6/c1-6-3-9-5-11-7(2)4-10-8(6)11;2*1-2/h3-5H,1-2H3;2*1-2H3. The summed E-state index contributed by atoms with van der Waals surface area (Å²) in [6.45, 7) is 12.0. The monoisotopic (exact) mass is 207 g/mol. The second kappa shape index (κ2) is 6.98. The number of imidazole rings is 1. The number of fused-ring (bicyclic) bond motifs is 1. The normalized spacial score (nSPS) is 8.67. The molecule has 2 aromatic heterocycles. The van der Waals surface area contributed by atoms with Gasteiger partial charge < -0.3 is 0 Å². The third kappa shape index (κ3) is 3.05. The van der Waals surface area contributed by atoms with Crippen LogP contribution in [0.15, 0.2) is 18.7 Å². The van der Waals surface area contributed by atoms with Crippen LogP contribution in [0.1, 0.15) is 39.0 Å². The number of nitrogens with zero attached hydrogens (tertiary/aromatic N) is 3. The second-order valence-corrected chi connectivity index (χ2v) is 2.67. The zero-order chi connectivity index (χ0) is 11.8. The van der Waals surface area contributed by atoms with Gasteiger partial charge in [0.25, 0.3) is 0 Å². The summed E-state index contributed by atoms with van der Waals surface area (Å²) in [6.07, 6.45) is 5.45. The van der Waals surface area contributed by atoms with Crippen LogP contribution >= 0.6 is 0 Å². The molecule has 0 N–H and O–H groups in total. The Morgan fingerprint density at radius 3 is 2.13 bits per heavy atom. The molecule has 0 unspecified atom stereocenters. The first kappa shape index (κ1) is 13.6. The fourth-order valence-corrected chi connectivity index (χ4v) is 1.15.